The van der Waals surface area contributed by atoms with Crippen LogP contribution in [0.5, 0.6) is 0 Å². The molecule has 0 amide bonds. The van der Waals surface area contributed by atoms with Gasteiger partial charge < -0.3 is 15.0 Å². The quantitative estimate of drug-likeness (QED) is 0.673. The molecule has 1 N–H and O–H groups in total. The molecule has 1 heterocycles. The second-order valence-electron chi connectivity index (χ2n) is 6.18. The van der Waals surface area contributed by atoms with Crippen LogP contribution in [0.25, 0.3) is 0 Å². The molecule has 1 aromatic heterocycles. The molecule has 0 atom stereocenters. The van der Waals surface area contributed by atoms with Gasteiger partial charge >= 0.3 is 0 Å². The molecule has 0 radical (unpaired) electrons. The van der Waals surface area contributed by atoms with Gasteiger partial charge in [-0.25, -0.2) is 4.98 Å². The standard InChI is InChI=1S/C16H29N3OS/c1-5-17-10-14-15(12(2)3)18-16(21-14)19(4)8-9-20-11-13-6-7-13/h12-13,17H,5-11H2,1-4H3. The summed E-state index contributed by atoms with van der Waals surface area (Å²) in [7, 11) is 2.11. The average molecular weight is 311 g/mol. The van der Waals surface area contributed by atoms with Gasteiger partial charge in [0.1, 0.15) is 0 Å². The van der Waals surface area contributed by atoms with Crippen molar-refractivity contribution in [1.29, 1.82) is 0 Å². The first kappa shape index (κ1) is 16.7. The Morgan fingerprint density at radius 1 is 1.43 bits per heavy atom. The van der Waals surface area contributed by atoms with E-state index in [0.29, 0.717) is 5.92 Å². The molecule has 1 aromatic rings. The van der Waals surface area contributed by atoms with E-state index in [0.717, 1.165) is 43.9 Å². The number of hydrogen-bond donors (Lipinski definition) is 1. The van der Waals surface area contributed by atoms with Crippen LogP contribution in [0.2, 0.25) is 0 Å². The van der Waals surface area contributed by atoms with Crippen LogP contribution >= 0.6 is 11.3 Å². The molecule has 0 aliphatic heterocycles. The molecule has 21 heavy (non-hydrogen) atoms. The number of aromatic nitrogens is 1. The fourth-order valence-corrected chi connectivity index (χ4v) is 3.33. The largest absolute Gasteiger partial charge is 0.379 e. The van der Waals surface area contributed by atoms with Crippen LogP contribution in [0.1, 0.15) is 50.1 Å². The van der Waals surface area contributed by atoms with Crippen molar-refractivity contribution < 1.29 is 4.74 Å². The molecule has 0 bridgehead atoms. The second-order valence-corrected chi connectivity index (χ2v) is 7.24. The first-order valence-corrected chi connectivity index (χ1v) is 8.92. The maximum atomic E-state index is 5.72. The third kappa shape index (κ3) is 5.24. The molecule has 2 rings (SSSR count). The summed E-state index contributed by atoms with van der Waals surface area (Å²) in [4.78, 5) is 8.43. The maximum absolute atomic E-state index is 5.72. The van der Waals surface area contributed by atoms with Crippen molar-refractivity contribution in [3.05, 3.63) is 10.6 Å². The highest BCUT2D eigenvalue weighted by Crippen LogP contribution is 2.30. The molecule has 0 aromatic carbocycles. The fraction of sp³-hybridized carbons (Fsp3) is 0.812. The molecule has 120 valence electrons. The highest BCUT2D eigenvalue weighted by Gasteiger charge is 2.21. The maximum Gasteiger partial charge on any atom is 0.185 e. The number of hydrogen-bond acceptors (Lipinski definition) is 5. The number of nitrogens with zero attached hydrogens (tertiary/aromatic N) is 2. The summed E-state index contributed by atoms with van der Waals surface area (Å²) < 4.78 is 5.72. The van der Waals surface area contributed by atoms with Crippen molar-refractivity contribution in [3.63, 3.8) is 0 Å². The van der Waals surface area contributed by atoms with E-state index >= 15 is 0 Å². The van der Waals surface area contributed by atoms with Crippen LogP contribution in [0, 0.1) is 5.92 Å². The Balaban J connectivity index is 1.87. The number of ether oxygens (including phenoxy) is 1. The van der Waals surface area contributed by atoms with Gasteiger partial charge in [0.05, 0.1) is 12.3 Å². The zero-order chi connectivity index (χ0) is 15.2. The first-order valence-electron chi connectivity index (χ1n) is 8.11. The van der Waals surface area contributed by atoms with Gasteiger partial charge in [0.2, 0.25) is 0 Å². The van der Waals surface area contributed by atoms with Crippen LogP contribution in [0.15, 0.2) is 0 Å². The number of rotatable bonds is 10. The van der Waals surface area contributed by atoms with Crippen molar-refractivity contribution >= 4 is 16.5 Å². The molecule has 0 saturated heterocycles. The molecule has 5 heteroatoms. The highest BCUT2D eigenvalue weighted by atomic mass is 32.1. The Hall–Kier alpha value is -0.650. The second kappa shape index (κ2) is 8.11. The lowest BCUT2D eigenvalue weighted by Gasteiger charge is -2.15. The molecular weight excluding hydrogens is 282 g/mol. The molecule has 1 saturated carbocycles. The van der Waals surface area contributed by atoms with Crippen molar-refractivity contribution in [2.45, 2.75) is 46.1 Å². The molecule has 0 unspecified atom stereocenters. The van der Waals surface area contributed by atoms with E-state index in [1.54, 1.807) is 0 Å². The topological polar surface area (TPSA) is 37.4 Å². The highest BCUT2D eigenvalue weighted by molar-refractivity contribution is 7.15. The zero-order valence-electron chi connectivity index (χ0n) is 13.8. The molecule has 4 nitrogen and oxygen atoms in total. The van der Waals surface area contributed by atoms with Gasteiger partial charge in [0, 0.05) is 31.6 Å². The first-order chi connectivity index (χ1) is 10.1. The van der Waals surface area contributed by atoms with Crippen molar-refractivity contribution in [2.75, 3.05) is 38.3 Å². The summed E-state index contributed by atoms with van der Waals surface area (Å²) >= 11 is 1.81. The van der Waals surface area contributed by atoms with E-state index in [-0.39, 0.29) is 0 Å². The molecule has 0 spiro atoms. The average Bonchev–Trinajstić information content (AvgIpc) is 3.18. The van der Waals surface area contributed by atoms with Crippen LogP contribution in [0.3, 0.4) is 0 Å². The SMILES string of the molecule is CCNCc1sc(N(C)CCOCC2CC2)nc1C(C)C. The minimum Gasteiger partial charge on any atom is -0.379 e. The Morgan fingerprint density at radius 3 is 2.81 bits per heavy atom. The summed E-state index contributed by atoms with van der Waals surface area (Å²) in [6, 6.07) is 0. The zero-order valence-corrected chi connectivity index (χ0v) is 14.6. The van der Waals surface area contributed by atoms with E-state index in [4.69, 9.17) is 9.72 Å². The van der Waals surface area contributed by atoms with Crippen LogP contribution in [-0.2, 0) is 11.3 Å². The number of likely N-dealkylation sites (N-methyl/N-ethyl adjacent to an activating group) is 1. The molecular formula is C16H29N3OS. The van der Waals surface area contributed by atoms with Gasteiger partial charge in [-0.1, -0.05) is 20.8 Å². The van der Waals surface area contributed by atoms with Crippen molar-refractivity contribution in [3.8, 4) is 0 Å². The lowest BCUT2D eigenvalue weighted by molar-refractivity contribution is 0.131. The smallest absolute Gasteiger partial charge is 0.185 e. The monoisotopic (exact) mass is 311 g/mol. The molecule has 1 fully saturated rings. The minimum atomic E-state index is 0.475. The summed E-state index contributed by atoms with van der Waals surface area (Å²) in [5.41, 5.74) is 1.24. The fourth-order valence-electron chi connectivity index (χ4n) is 2.16. The lowest BCUT2D eigenvalue weighted by atomic mass is 10.1. The number of nitrogens with one attached hydrogen (secondary N) is 1. The van der Waals surface area contributed by atoms with Crippen molar-refractivity contribution in [2.24, 2.45) is 5.92 Å². The number of thiazole rings is 1. The van der Waals surface area contributed by atoms with Crippen LogP contribution in [0.4, 0.5) is 5.13 Å². The minimum absolute atomic E-state index is 0.475. The van der Waals surface area contributed by atoms with E-state index in [9.17, 15) is 0 Å². The van der Waals surface area contributed by atoms with Gasteiger partial charge in [0.25, 0.3) is 0 Å². The summed E-state index contributed by atoms with van der Waals surface area (Å²) in [5, 5.41) is 4.52. The summed E-state index contributed by atoms with van der Waals surface area (Å²) in [6.45, 7) is 11.1. The molecule has 1 aliphatic carbocycles. The third-order valence-corrected chi connectivity index (χ3v) is 4.93. The summed E-state index contributed by atoms with van der Waals surface area (Å²) in [5.74, 6) is 1.32. The normalized spacial score (nSPS) is 14.9. The lowest BCUT2D eigenvalue weighted by Crippen LogP contribution is -2.22. The number of anilines is 1. The Bertz CT molecular complexity index is 429. The predicted molar refractivity (Wildman–Crippen MR) is 90.4 cm³/mol. The third-order valence-electron chi connectivity index (χ3n) is 3.75. The van der Waals surface area contributed by atoms with E-state index < -0.39 is 0 Å². The van der Waals surface area contributed by atoms with Gasteiger partial charge in [-0.15, -0.1) is 11.3 Å². The van der Waals surface area contributed by atoms with Gasteiger partial charge in [-0.3, -0.25) is 0 Å². The van der Waals surface area contributed by atoms with E-state index in [1.165, 1.54) is 23.4 Å². The summed E-state index contributed by atoms with van der Waals surface area (Å²) in [6.07, 6.45) is 2.71. The van der Waals surface area contributed by atoms with Crippen LogP contribution < -0.4 is 10.2 Å². The Morgan fingerprint density at radius 2 is 2.19 bits per heavy atom. The Kier molecular flexibility index (Phi) is 6.45. The van der Waals surface area contributed by atoms with Crippen LogP contribution in [-0.4, -0.2) is 38.3 Å². The molecule has 1 aliphatic rings. The van der Waals surface area contributed by atoms with E-state index in [1.807, 2.05) is 11.3 Å². The van der Waals surface area contributed by atoms with Gasteiger partial charge in [0.15, 0.2) is 5.13 Å². The van der Waals surface area contributed by atoms with Gasteiger partial charge in [-0.2, -0.15) is 0 Å². The predicted octanol–water partition coefficient (Wildman–Crippen LogP) is 3.24. The van der Waals surface area contributed by atoms with Crippen molar-refractivity contribution in [1.82, 2.24) is 10.3 Å². The van der Waals surface area contributed by atoms with Gasteiger partial charge in [-0.05, 0) is 31.2 Å². The Labute approximate surface area is 132 Å². The van der Waals surface area contributed by atoms with E-state index in [2.05, 4.69) is 38.0 Å².